The van der Waals surface area contributed by atoms with Crippen LogP contribution in [0.15, 0.2) is 28.9 Å². The number of furan rings is 1. The highest BCUT2D eigenvalue weighted by Crippen LogP contribution is 2.33. The summed E-state index contributed by atoms with van der Waals surface area (Å²) in [6.45, 7) is 1.71. The SMILES string of the molecule is CC(Cl)c1coc2ccc(OC(F)(F)F)cc12. The molecular formula is C11H8ClF3O2. The fraction of sp³-hybridized carbons (Fsp3) is 0.273. The summed E-state index contributed by atoms with van der Waals surface area (Å²) in [5.41, 5.74) is 1.11. The topological polar surface area (TPSA) is 22.4 Å². The molecule has 0 saturated carbocycles. The standard InChI is InChI=1S/C11H8ClF3O2/c1-6(12)9-5-16-10-3-2-7(4-8(9)10)17-11(13,14)15/h2-6H,1H3. The second-order valence-corrected chi connectivity index (χ2v) is 4.17. The smallest absolute Gasteiger partial charge is 0.464 e. The third-order valence-electron chi connectivity index (χ3n) is 2.24. The summed E-state index contributed by atoms with van der Waals surface area (Å²) in [6.07, 6.45) is -3.27. The zero-order valence-electron chi connectivity index (χ0n) is 8.72. The number of hydrogen-bond donors (Lipinski definition) is 0. The van der Waals surface area contributed by atoms with E-state index in [0.29, 0.717) is 16.5 Å². The van der Waals surface area contributed by atoms with Crippen LogP contribution in [0, 0.1) is 0 Å². The molecule has 1 unspecified atom stereocenters. The molecule has 0 aliphatic rings. The predicted octanol–water partition coefficient (Wildman–Crippen LogP) is 4.63. The zero-order valence-corrected chi connectivity index (χ0v) is 9.47. The molecule has 0 bridgehead atoms. The molecule has 2 nitrogen and oxygen atoms in total. The average molecular weight is 265 g/mol. The van der Waals surface area contributed by atoms with Gasteiger partial charge in [-0.25, -0.2) is 0 Å². The molecule has 0 aliphatic heterocycles. The van der Waals surface area contributed by atoms with Crippen molar-refractivity contribution >= 4 is 22.6 Å². The number of benzene rings is 1. The maximum absolute atomic E-state index is 12.1. The highest BCUT2D eigenvalue weighted by atomic mass is 35.5. The first-order chi connectivity index (χ1) is 7.87. The van der Waals surface area contributed by atoms with Crippen LogP contribution >= 0.6 is 11.6 Å². The minimum absolute atomic E-state index is 0.287. The number of rotatable bonds is 2. The van der Waals surface area contributed by atoms with E-state index in [1.807, 2.05) is 0 Å². The van der Waals surface area contributed by atoms with Gasteiger partial charge in [-0.2, -0.15) is 0 Å². The number of halogens is 4. The van der Waals surface area contributed by atoms with Crippen molar-refractivity contribution in [2.45, 2.75) is 18.7 Å². The van der Waals surface area contributed by atoms with Crippen LogP contribution in [0.25, 0.3) is 11.0 Å². The largest absolute Gasteiger partial charge is 0.573 e. The Balaban J connectivity index is 2.44. The van der Waals surface area contributed by atoms with Gasteiger partial charge in [0.1, 0.15) is 11.3 Å². The molecule has 1 aromatic carbocycles. The lowest BCUT2D eigenvalue weighted by Gasteiger charge is -2.08. The normalized spacial score (nSPS) is 13.9. The minimum Gasteiger partial charge on any atom is -0.464 e. The Hall–Kier alpha value is -1.36. The van der Waals surface area contributed by atoms with Crippen molar-refractivity contribution in [3.63, 3.8) is 0 Å². The number of hydrogen-bond acceptors (Lipinski definition) is 2. The average Bonchev–Trinajstić information content (AvgIpc) is 2.57. The molecule has 0 saturated heterocycles. The van der Waals surface area contributed by atoms with Crippen molar-refractivity contribution in [3.8, 4) is 5.75 Å². The summed E-state index contributed by atoms with van der Waals surface area (Å²) < 4.78 is 45.2. The van der Waals surface area contributed by atoms with Crippen molar-refractivity contribution in [2.24, 2.45) is 0 Å². The molecule has 0 radical (unpaired) electrons. The molecule has 2 aromatic rings. The van der Waals surface area contributed by atoms with Crippen LogP contribution in [0.3, 0.4) is 0 Å². The predicted molar refractivity (Wildman–Crippen MR) is 57.2 cm³/mol. The van der Waals surface area contributed by atoms with E-state index in [1.165, 1.54) is 24.5 Å². The number of fused-ring (bicyclic) bond motifs is 1. The van der Waals surface area contributed by atoms with E-state index >= 15 is 0 Å². The summed E-state index contributed by atoms with van der Waals surface area (Å²) in [7, 11) is 0. The number of alkyl halides is 4. The molecule has 0 aliphatic carbocycles. The first-order valence-corrected chi connectivity index (χ1v) is 5.21. The van der Waals surface area contributed by atoms with Crippen LogP contribution in [0.1, 0.15) is 17.9 Å². The highest BCUT2D eigenvalue weighted by molar-refractivity contribution is 6.21. The van der Waals surface area contributed by atoms with Crippen LogP contribution < -0.4 is 4.74 Å². The van der Waals surface area contributed by atoms with Crippen LogP contribution in [0.4, 0.5) is 13.2 Å². The van der Waals surface area contributed by atoms with Crippen LogP contribution in [0.2, 0.25) is 0 Å². The molecule has 0 amide bonds. The number of ether oxygens (including phenoxy) is 1. The molecular weight excluding hydrogens is 257 g/mol. The lowest BCUT2D eigenvalue weighted by molar-refractivity contribution is -0.274. The summed E-state index contributed by atoms with van der Waals surface area (Å²) in [5, 5.41) is 0.173. The van der Waals surface area contributed by atoms with Gasteiger partial charge in [-0.3, -0.25) is 0 Å². The van der Waals surface area contributed by atoms with Crippen molar-refractivity contribution in [1.29, 1.82) is 0 Å². The van der Waals surface area contributed by atoms with Crippen LogP contribution in [-0.2, 0) is 0 Å². The van der Waals surface area contributed by atoms with Gasteiger partial charge in [-0.15, -0.1) is 24.8 Å². The third kappa shape index (κ3) is 2.66. The monoisotopic (exact) mass is 264 g/mol. The van der Waals surface area contributed by atoms with Gasteiger partial charge in [0.25, 0.3) is 0 Å². The fourth-order valence-corrected chi connectivity index (χ4v) is 1.70. The van der Waals surface area contributed by atoms with E-state index in [4.69, 9.17) is 16.0 Å². The molecule has 1 heterocycles. The van der Waals surface area contributed by atoms with Gasteiger partial charge in [0.2, 0.25) is 0 Å². The second kappa shape index (κ2) is 4.14. The lowest BCUT2D eigenvalue weighted by Crippen LogP contribution is -2.16. The molecule has 0 spiro atoms. The van der Waals surface area contributed by atoms with Gasteiger partial charge >= 0.3 is 6.36 Å². The van der Waals surface area contributed by atoms with E-state index in [-0.39, 0.29) is 11.1 Å². The second-order valence-electron chi connectivity index (χ2n) is 3.51. The third-order valence-corrected chi connectivity index (χ3v) is 2.47. The Bertz CT molecular complexity index is 531. The van der Waals surface area contributed by atoms with Gasteiger partial charge in [0, 0.05) is 10.9 Å². The van der Waals surface area contributed by atoms with Crippen LogP contribution in [-0.4, -0.2) is 6.36 Å². The summed E-state index contributed by atoms with van der Waals surface area (Å²) in [6, 6.07) is 3.88. The van der Waals surface area contributed by atoms with E-state index in [0.717, 1.165) is 0 Å². The molecule has 1 atom stereocenters. The fourth-order valence-electron chi connectivity index (χ4n) is 1.53. The van der Waals surface area contributed by atoms with E-state index < -0.39 is 6.36 Å². The van der Waals surface area contributed by atoms with Crippen molar-refractivity contribution in [3.05, 3.63) is 30.0 Å². The molecule has 92 valence electrons. The Morgan fingerprint density at radius 1 is 1.35 bits per heavy atom. The lowest BCUT2D eigenvalue weighted by atomic mass is 10.1. The summed E-state index contributed by atoms with van der Waals surface area (Å²) in [5.74, 6) is -0.287. The molecule has 17 heavy (non-hydrogen) atoms. The molecule has 6 heteroatoms. The zero-order chi connectivity index (χ0) is 12.6. The first-order valence-electron chi connectivity index (χ1n) is 4.78. The Morgan fingerprint density at radius 2 is 2.06 bits per heavy atom. The van der Waals surface area contributed by atoms with E-state index in [2.05, 4.69) is 4.74 Å². The van der Waals surface area contributed by atoms with Crippen molar-refractivity contribution in [2.75, 3.05) is 0 Å². The van der Waals surface area contributed by atoms with Gasteiger partial charge < -0.3 is 9.15 Å². The Morgan fingerprint density at radius 3 is 2.65 bits per heavy atom. The van der Waals surface area contributed by atoms with Crippen LogP contribution in [0.5, 0.6) is 5.75 Å². The molecule has 0 fully saturated rings. The van der Waals surface area contributed by atoms with Crippen molar-refractivity contribution < 1.29 is 22.3 Å². The van der Waals surface area contributed by atoms with E-state index in [9.17, 15) is 13.2 Å². The molecule has 2 rings (SSSR count). The maximum atomic E-state index is 12.1. The van der Waals surface area contributed by atoms with Gasteiger partial charge in [-0.1, -0.05) is 0 Å². The maximum Gasteiger partial charge on any atom is 0.573 e. The van der Waals surface area contributed by atoms with Gasteiger partial charge in [0.05, 0.1) is 11.6 Å². The van der Waals surface area contributed by atoms with Gasteiger partial charge in [0.15, 0.2) is 0 Å². The Labute approximate surface area is 99.9 Å². The van der Waals surface area contributed by atoms with E-state index in [1.54, 1.807) is 6.92 Å². The first kappa shape index (κ1) is 12.1. The van der Waals surface area contributed by atoms with Gasteiger partial charge in [-0.05, 0) is 25.1 Å². The molecule has 0 N–H and O–H groups in total. The molecule has 1 aromatic heterocycles. The summed E-state index contributed by atoms with van der Waals surface area (Å²) >= 11 is 5.89. The Kier molecular flexibility index (Phi) is 2.95. The van der Waals surface area contributed by atoms with Crippen molar-refractivity contribution in [1.82, 2.24) is 0 Å². The highest BCUT2D eigenvalue weighted by Gasteiger charge is 2.31. The minimum atomic E-state index is -4.70. The summed E-state index contributed by atoms with van der Waals surface area (Å²) in [4.78, 5) is 0. The quantitative estimate of drug-likeness (QED) is 0.738.